The highest BCUT2D eigenvalue weighted by atomic mass is 35.5. The van der Waals surface area contributed by atoms with Crippen LogP contribution in [0, 0.1) is 0 Å². The third-order valence-corrected chi connectivity index (χ3v) is 5.11. The summed E-state index contributed by atoms with van der Waals surface area (Å²) < 4.78 is 30.2. The highest BCUT2D eigenvalue weighted by molar-refractivity contribution is 7.89. The van der Waals surface area contributed by atoms with Gasteiger partial charge in [0.25, 0.3) is 0 Å². The van der Waals surface area contributed by atoms with Gasteiger partial charge in [0.05, 0.1) is 18.6 Å². The summed E-state index contributed by atoms with van der Waals surface area (Å²) >= 11 is 5.73. The average Bonchev–Trinajstić information content (AvgIpc) is 2.45. The topological polar surface area (TPSA) is 92.8 Å². The zero-order valence-corrected chi connectivity index (χ0v) is 14.9. The van der Waals surface area contributed by atoms with Crippen LogP contribution >= 0.6 is 11.6 Å². The number of nitrogens with one attached hydrogen (secondary N) is 1. The second kappa shape index (κ2) is 7.29. The molecule has 0 aromatic heterocycles. The van der Waals surface area contributed by atoms with Crippen LogP contribution in [0.2, 0.25) is 5.02 Å². The first-order chi connectivity index (χ1) is 10.5. The van der Waals surface area contributed by atoms with E-state index in [0.29, 0.717) is 5.02 Å². The van der Waals surface area contributed by atoms with Gasteiger partial charge in [-0.25, -0.2) is 13.2 Å². The second-order valence-corrected chi connectivity index (χ2v) is 7.86. The quantitative estimate of drug-likeness (QED) is 0.763. The highest BCUT2D eigenvalue weighted by Gasteiger charge is 2.32. The molecule has 1 rings (SSSR count). The summed E-state index contributed by atoms with van der Waals surface area (Å²) in [5, 5.41) is 2.84. The molecule has 0 unspecified atom stereocenters. The summed E-state index contributed by atoms with van der Waals surface area (Å²) in [5.74, 6) is -1.26. The maximum atomic E-state index is 12.3. The van der Waals surface area contributed by atoms with Gasteiger partial charge in [0.2, 0.25) is 15.9 Å². The van der Waals surface area contributed by atoms with Crippen molar-refractivity contribution in [2.24, 2.45) is 0 Å². The Morgan fingerprint density at radius 1 is 1.26 bits per heavy atom. The van der Waals surface area contributed by atoms with Gasteiger partial charge < -0.3 is 10.1 Å². The molecule has 0 saturated carbocycles. The molecule has 9 heteroatoms. The van der Waals surface area contributed by atoms with Gasteiger partial charge in [-0.2, -0.15) is 4.31 Å². The summed E-state index contributed by atoms with van der Waals surface area (Å²) in [4.78, 5) is 23.5. The Morgan fingerprint density at radius 3 is 2.26 bits per heavy atom. The van der Waals surface area contributed by atoms with E-state index in [-0.39, 0.29) is 4.90 Å². The molecule has 0 aliphatic heterocycles. The molecule has 0 atom stereocenters. The maximum Gasteiger partial charge on any atom is 0.330 e. The van der Waals surface area contributed by atoms with Crippen molar-refractivity contribution in [2.45, 2.75) is 24.3 Å². The van der Waals surface area contributed by atoms with Crippen LogP contribution in [0.4, 0.5) is 0 Å². The number of ether oxygens (including phenoxy) is 1. The van der Waals surface area contributed by atoms with Crippen LogP contribution in [0.3, 0.4) is 0 Å². The van der Waals surface area contributed by atoms with Crippen LogP contribution < -0.4 is 5.32 Å². The number of halogens is 1. The largest absolute Gasteiger partial charge is 0.467 e. The number of rotatable bonds is 6. The van der Waals surface area contributed by atoms with E-state index in [9.17, 15) is 18.0 Å². The van der Waals surface area contributed by atoms with Gasteiger partial charge in [-0.05, 0) is 38.1 Å². The molecule has 1 aromatic rings. The van der Waals surface area contributed by atoms with Crippen molar-refractivity contribution < 1.29 is 22.7 Å². The molecule has 0 aliphatic carbocycles. The molecule has 0 saturated heterocycles. The number of benzene rings is 1. The Kier molecular flexibility index (Phi) is 6.15. The van der Waals surface area contributed by atoms with E-state index in [1.54, 1.807) is 0 Å². The number of hydrogen-bond donors (Lipinski definition) is 1. The molecule has 128 valence electrons. The molecular formula is C14H19ClN2O5S. The fourth-order valence-corrected chi connectivity index (χ4v) is 3.02. The normalized spacial score (nSPS) is 12.1. The molecular weight excluding hydrogens is 344 g/mol. The van der Waals surface area contributed by atoms with E-state index >= 15 is 0 Å². The maximum absolute atomic E-state index is 12.3. The number of carbonyl (C=O) groups excluding carboxylic acids is 2. The molecule has 0 heterocycles. The van der Waals surface area contributed by atoms with E-state index in [1.807, 2.05) is 0 Å². The molecule has 0 aliphatic rings. The lowest BCUT2D eigenvalue weighted by molar-refractivity contribution is -0.149. The number of sulfonamides is 1. The second-order valence-electron chi connectivity index (χ2n) is 5.38. The van der Waals surface area contributed by atoms with Crippen LogP contribution in [0.15, 0.2) is 29.2 Å². The van der Waals surface area contributed by atoms with Gasteiger partial charge in [-0.1, -0.05) is 11.6 Å². The smallest absolute Gasteiger partial charge is 0.330 e. The number of nitrogens with zero attached hydrogens (tertiary/aromatic N) is 1. The number of methoxy groups -OCH3 is 1. The Morgan fingerprint density at radius 2 is 1.78 bits per heavy atom. The molecule has 1 amide bonds. The number of hydrogen-bond acceptors (Lipinski definition) is 5. The van der Waals surface area contributed by atoms with Crippen LogP contribution in [0.5, 0.6) is 0 Å². The van der Waals surface area contributed by atoms with Crippen molar-refractivity contribution in [3.63, 3.8) is 0 Å². The van der Waals surface area contributed by atoms with Gasteiger partial charge in [0.1, 0.15) is 5.54 Å². The van der Waals surface area contributed by atoms with Crippen molar-refractivity contribution in [3.8, 4) is 0 Å². The molecule has 1 aromatic carbocycles. The minimum Gasteiger partial charge on any atom is -0.467 e. The van der Waals surface area contributed by atoms with Gasteiger partial charge in [0.15, 0.2) is 0 Å². The third kappa shape index (κ3) is 4.92. The summed E-state index contributed by atoms with van der Waals surface area (Å²) in [6.07, 6.45) is 0. The van der Waals surface area contributed by atoms with Gasteiger partial charge in [0, 0.05) is 12.1 Å². The minimum absolute atomic E-state index is 0.0180. The fourth-order valence-electron chi connectivity index (χ4n) is 1.77. The number of esters is 1. The predicted octanol–water partition coefficient (Wildman–Crippen LogP) is 1.03. The Labute approximate surface area is 140 Å². The van der Waals surface area contributed by atoms with Gasteiger partial charge >= 0.3 is 5.97 Å². The first kappa shape index (κ1) is 19.4. The Bertz CT molecular complexity index is 686. The lowest BCUT2D eigenvalue weighted by Crippen LogP contribution is -2.53. The highest BCUT2D eigenvalue weighted by Crippen LogP contribution is 2.17. The molecule has 0 radical (unpaired) electrons. The number of likely N-dealkylation sites (N-methyl/N-ethyl adjacent to an activating group) is 1. The van der Waals surface area contributed by atoms with Crippen LogP contribution in [0.25, 0.3) is 0 Å². The fraction of sp³-hybridized carbons (Fsp3) is 0.429. The molecule has 7 nitrogen and oxygen atoms in total. The standard InChI is InChI=1S/C14H19ClN2O5S/c1-14(2,13(19)22-4)16-12(18)9-17(3)23(20,21)11-7-5-10(15)6-8-11/h5-8H,9H2,1-4H3,(H,16,18). The molecule has 0 fully saturated rings. The zero-order valence-electron chi connectivity index (χ0n) is 13.3. The lowest BCUT2D eigenvalue weighted by Gasteiger charge is -2.24. The Hall–Kier alpha value is -1.64. The van der Waals surface area contributed by atoms with Crippen molar-refractivity contribution in [3.05, 3.63) is 29.3 Å². The van der Waals surface area contributed by atoms with Crippen molar-refractivity contribution in [1.29, 1.82) is 0 Å². The first-order valence-electron chi connectivity index (χ1n) is 6.62. The van der Waals surface area contributed by atoms with Crippen LogP contribution in [-0.4, -0.2) is 50.8 Å². The summed E-state index contributed by atoms with van der Waals surface area (Å²) in [6.45, 7) is 2.49. The van der Waals surface area contributed by atoms with Gasteiger partial charge in [-0.3, -0.25) is 4.79 Å². The monoisotopic (exact) mass is 362 g/mol. The lowest BCUT2D eigenvalue weighted by atomic mass is 10.1. The third-order valence-electron chi connectivity index (χ3n) is 3.04. The molecule has 1 N–H and O–H groups in total. The molecule has 23 heavy (non-hydrogen) atoms. The SMILES string of the molecule is COC(=O)C(C)(C)NC(=O)CN(C)S(=O)(=O)c1ccc(Cl)cc1. The van der Waals surface area contributed by atoms with Crippen molar-refractivity contribution >= 4 is 33.5 Å². The number of carbonyl (C=O) groups is 2. The minimum atomic E-state index is -3.83. The predicted molar refractivity (Wildman–Crippen MR) is 85.5 cm³/mol. The number of amides is 1. The molecule has 0 bridgehead atoms. The van der Waals surface area contributed by atoms with E-state index in [2.05, 4.69) is 10.1 Å². The Balaban J connectivity index is 2.82. The zero-order chi connectivity index (χ0) is 17.8. The van der Waals surface area contributed by atoms with Gasteiger partial charge in [-0.15, -0.1) is 0 Å². The average molecular weight is 363 g/mol. The summed E-state index contributed by atoms with van der Waals surface area (Å²) in [6, 6.07) is 5.60. The van der Waals surface area contributed by atoms with Crippen LogP contribution in [-0.2, 0) is 24.3 Å². The van der Waals surface area contributed by atoms with Crippen LogP contribution in [0.1, 0.15) is 13.8 Å². The van der Waals surface area contributed by atoms with E-state index in [0.717, 1.165) is 4.31 Å². The summed E-state index contributed by atoms with van der Waals surface area (Å²) in [5.41, 5.74) is -1.25. The summed E-state index contributed by atoms with van der Waals surface area (Å²) in [7, 11) is -1.36. The first-order valence-corrected chi connectivity index (χ1v) is 8.44. The van der Waals surface area contributed by atoms with E-state index < -0.39 is 34.0 Å². The van der Waals surface area contributed by atoms with Crippen molar-refractivity contribution in [1.82, 2.24) is 9.62 Å². The van der Waals surface area contributed by atoms with E-state index in [1.165, 1.54) is 52.3 Å². The molecule has 0 spiro atoms. The van der Waals surface area contributed by atoms with E-state index in [4.69, 9.17) is 11.6 Å². The van der Waals surface area contributed by atoms with Crippen molar-refractivity contribution in [2.75, 3.05) is 20.7 Å².